The molecule has 0 aromatic carbocycles. The molecule has 1 aromatic rings. The van der Waals surface area contributed by atoms with Crippen LogP contribution in [-0.4, -0.2) is 27.9 Å². The zero-order valence-corrected chi connectivity index (χ0v) is 6.14. The number of aliphatic hydroxyl groups is 2. The number of nitrogens with zero attached hydrogens (tertiary/aromatic N) is 1. The van der Waals surface area contributed by atoms with Crippen molar-refractivity contribution in [3.05, 3.63) is 30.1 Å². The molecule has 2 N–H and O–H groups in total. The first kappa shape index (κ1) is 8.17. The van der Waals surface area contributed by atoms with E-state index in [-0.39, 0.29) is 6.61 Å². The summed E-state index contributed by atoms with van der Waals surface area (Å²) in [5.41, 5.74) is 0.939. The molecule has 0 aliphatic carbocycles. The molecule has 1 rings (SSSR count). The van der Waals surface area contributed by atoms with Gasteiger partial charge < -0.3 is 10.2 Å². The molecular weight excluding hydrogens is 142 g/mol. The molecule has 60 valence electrons. The van der Waals surface area contributed by atoms with Gasteiger partial charge in [0, 0.05) is 18.8 Å². The lowest BCUT2D eigenvalue weighted by Gasteiger charge is -2.04. The highest BCUT2D eigenvalue weighted by Crippen LogP contribution is 1.99. The average molecular weight is 153 g/mol. The lowest BCUT2D eigenvalue weighted by Crippen LogP contribution is -2.14. The third-order valence-electron chi connectivity index (χ3n) is 1.40. The van der Waals surface area contributed by atoms with Crippen molar-refractivity contribution in [2.75, 3.05) is 6.61 Å². The Morgan fingerprint density at radius 1 is 1.55 bits per heavy atom. The van der Waals surface area contributed by atoms with Crippen LogP contribution in [-0.2, 0) is 6.42 Å². The summed E-state index contributed by atoms with van der Waals surface area (Å²) in [5.74, 6) is 0. The highest BCUT2D eigenvalue weighted by Gasteiger charge is 2.02. The second kappa shape index (κ2) is 4.05. The van der Waals surface area contributed by atoms with Crippen molar-refractivity contribution in [1.29, 1.82) is 0 Å². The van der Waals surface area contributed by atoms with E-state index in [9.17, 15) is 0 Å². The highest BCUT2D eigenvalue weighted by atomic mass is 16.3. The van der Waals surface area contributed by atoms with Gasteiger partial charge in [0.05, 0.1) is 12.7 Å². The van der Waals surface area contributed by atoms with Crippen LogP contribution in [0.2, 0.25) is 0 Å². The Hall–Kier alpha value is -0.930. The summed E-state index contributed by atoms with van der Waals surface area (Å²) in [6.45, 7) is -0.200. The smallest absolute Gasteiger partial charge is 0.0811 e. The van der Waals surface area contributed by atoms with Gasteiger partial charge >= 0.3 is 0 Å². The molecule has 1 unspecified atom stereocenters. The fraction of sp³-hybridized carbons (Fsp3) is 0.375. The van der Waals surface area contributed by atoms with Crippen molar-refractivity contribution in [1.82, 2.24) is 4.98 Å². The first-order valence-corrected chi connectivity index (χ1v) is 3.50. The van der Waals surface area contributed by atoms with E-state index in [1.54, 1.807) is 18.5 Å². The van der Waals surface area contributed by atoms with Crippen molar-refractivity contribution >= 4 is 0 Å². The number of rotatable bonds is 3. The van der Waals surface area contributed by atoms with E-state index >= 15 is 0 Å². The van der Waals surface area contributed by atoms with Crippen LogP contribution in [0, 0.1) is 0 Å². The summed E-state index contributed by atoms with van der Waals surface area (Å²) in [7, 11) is 0. The Labute approximate surface area is 65.3 Å². The zero-order valence-electron chi connectivity index (χ0n) is 6.14. The maximum atomic E-state index is 9.03. The van der Waals surface area contributed by atoms with Crippen LogP contribution >= 0.6 is 0 Å². The van der Waals surface area contributed by atoms with Crippen LogP contribution in [0.25, 0.3) is 0 Å². The van der Waals surface area contributed by atoms with Crippen molar-refractivity contribution in [2.24, 2.45) is 0 Å². The third kappa shape index (κ3) is 2.65. The van der Waals surface area contributed by atoms with Crippen LogP contribution in [0.4, 0.5) is 0 Å². The Morgan fingerprint density at radius 3 is 2.91 bits per heavy atom. The molecule has 3 heteroatoms. The van der Waals surface area contributed by atoms with Crippen LogP contribution in [0.5, 0.6) is 0 Å². The van der Waals surface area contributed by atoms with E-state index in [4.69, 9.17) is 10.2 Å². The van der Waals surface area contributed by atoms with Gasteiger partial charge in [0.2, 0.25) is 0 Å². The molecule has 11 heavy (non-hydrogen) atoms. The topological polar surface area (TPSA) is 53.4 Å². The van der Waals surface area contributed by atoms with Crippen molar-refractivity contribution < 1.29 is 10.2 Å². The van der Waals surface area contributed by atoms with Crippen molar-refractivity contribution in [3.8, 4) is 0 Å². The van der Waals surface area contributed by atoms with Gasteiger partial charge in [-0.2, -0.15) is 0 Å². The van der Waals surface area contributed by atoms with Gasteiger partial charge in [-0.05, 0) is 11.6 Å². The van der Waals surface area contributed by atoms with Gasteiger partial charge in [0.1, 0.15) is 0 Å². The van der Waals surface area contributed by atoms with Gasteiger partial charge in [0.15, 0.2) is 0 Å². The maximum absolute atomic E-state index is 9.03. The number of pyridine rings is 1. The molecule has 0 saturated carbocycles. The molecule has 0 spiro atoms. The Balaban J connectivity index is 2.51. The lowest BCUT2D eigenvalue weighted by molar-refractivity contribution is 0.0954. The predicted molar refractivity (Wildman–Crippen MR) is 41.0 cm³/mol. The van der Waals surface area contributed by atoms with E-state index in [0.717, 1.165) is 5.56 Å². The second-order valence-corrected chi connectivity index (χ2v) is 2.40. The molecule has 0 aliphatic rings. The third-order valence-corrected chi connectivity index (χ3v) is 1.40. The largest absolute Gasteiger partial charge is 0.394 e. The fourth-order valence-electron chi connectivity index (χ4n) is 0.855. The monoisotopic (exact) mass is 153 g/mol. The Kier molecular flexibility index (Phi) is 3.01. The maximum Gasteiger partial charge on any atom is 0.0811 e. The van der Waals surface area contributed by atoms with Crippen LogP contribution in [0.3, 0.4) is 0 Å². The number of hydrogen-bond donors (Lipinski definition) is 2. The van der Waals surface area contributed by atoms with Crippen LogP contribution in [0.1, 0.15) is 5.56 Å². The second-order valence-electron chi connectivity index (χ2n) is 2.40. The standard InChI is InChI=1S/C8H11NO2/c10-6-8(11)4-7-2-1-3-9-5-7/h1-3,5,8,10-11H,4,6H2. The molecule has 0 bridgehead atoms. The normalized spacial score (nSPS) is 12.9. The summed E-state index contributed by atoms with van der Waals surface area (Å²) >= 11 is 0. The Morgan fingerprint density at radius 2 is 2.36 bits per heavy atom. The van der Waals surface area contributed by atoms with Gasteiger partial charge in [0.25, 0.3) is 0 Å². The van der Waals surface area contributed by atoms with Gasteiger partial charge in [-0.25, -0.2) is 0 Å². The molecule has 1 heterocycles. The molecule has 0 fully saturated rings. The van der Waals surface area contributed by atoms with E-state index in [1.807, 2.05) is 6.07 Å². The predicted octanol–water partition coefficient (Wildman–Crippen LogP) is -0.0227. The number of hydrogen-bond acceptors (Lipinski definition) is 3. The highest BCUT2D eigenvalue weighted by molar-refractivity contribution is 5.09. The summed E-state index contributed by atoms with van der Waals surface area (Å²) in [5, 5.41) is 17.6. The molecule has 3 nitrogen and oxygen atoms in total. The van der Waals surface area contributed by atoms with Crippen LogP contribution < -0.4 is 0 Å². The molecule has 0 aliphatic heterocycles. The van der Waals surface area contributed by atoms with Crippen molar-refractivity contribution in [2.45, 2.75) is 12.5 Å². The van der Waals surface area contributed by atoms with Gasteiger partial charge in [-0.3, -0.25) is 4.98 Å². The van der Waals surface area contributed by atoms with Crippen LogP contribution in [0.15, 0.2) is 24.5 Å². The first-order chi connectivity index (χ1) is 5.33. The summed E-state index contributed by atoms with van der Waals surface area (Å²) in [6.07, 6.45) is 3.15. The number of aliphatic hydroxyl groups excluding tert-OH is 2. The molecule has 1 atom stereocenters. The molecular formula is C8H11NO2. The minimum absolute atomic E-state index is 0.200. The molecule has 0 saturated heterocycles. The average Bonchev–Trinajstić information content (AvgIpc) is 2.06. The van der Waals surface area contributed by atoms with E-state index in [0.29, 0.717) is 6.42 Å². The minimum Gasteiger partial charge on any atom is -0.394 e. The Bertz CT molecular complexity index is 201. The molecule has 0 radical (unpaired) electrons. The number of aromatic nitrogens is 1. The van der Waals surface area contributed by atoms with E-state index in [1.165, 1.54) is 0 Å². The summed E-state index contributed by atoms with van der Waals surface area (Å²) < 4.78 is 0. The lowest BCUT2D eigenvalue weighted by atomic mass is 10.1. The quantitative estimate of drug-likeness (QED) is 0.641. The van der Waals surface area contributed by atoms with Crippen molar-refractivity contribution in [3.63, 3.8) is 0 Å². The van der Waals surface area contributed by atoms with E-state index in [2.05, 4.69) is 4.98 Å². The summed E-state index contributed by atoms with van der Waals surface area (Å²) in [4.78, 5) is 3.88. The molecule has 0 amide bonds. The SMILES string of the molecule is OCC(O)Cc1cccnc1. The van der Waals surface area contributed by atoms with E-state index < -0.39 is 6.10 Å². The summed E-state index contributed by atoms with van der Waals surface area (Å²) in [6, 6.07) is 3.67. The van der Waals surface area contributed by atoms with Gasteiger partial charge in [-0.1, -0.05) is 6.07 Å². The zero-order chi connectivity index (χ0) is 8.10. The minimum atomic E-state index is -0.667. The van der Waals surface area contributed by atoms with Gasteiger partial charge in [-0.15, -0.1) is 0 Å². The molecule has 1 aromatic heterocycles. The fourth-order valence-corrected chi connectivity index (χ4v) is 0.855. The first-order valence-electron chi connectivity index (χ1n) is 3.50.